The number of fused-ring (bicyclic) bond motifs is 1. The first kappa shape index (κ1) is 18.5. The molecule has 142 valence electrons. The molecule has 1 N–H and O–H groups in total. The lowest BCUT2D eigenvalue weighted by molar-refractivity contribution is 0.0995. The Bertz CT molecular complexity index is 1150. The van der Waals surface area contributed by atoms with Gasteiger partial charge in [-0.25, -0.2) is 4.98 Å². The molecule has 0 radical (unpaired) electrons. The number of oxazole rings is 1. The summed E-state index contributed by atoms with van der Waals surface area (Å²) in [6.07, 6.45) is 0. The van der Waals surface area contributed by atoms with Gasteiger partial charge in [-0.1, -0.05) is 32.9 Å². The fourth-order valence-electron chi connectivity index (χ4n) is 2.87. The summed E-state index contributed by atoms with van der Waals surface area (Å²) in [4.78, 5) is 16.8. The van der Waals surface area contributed by atoms with E-state index in [-0.39, 0.29) is 17.1 Å². The molecule has 0 spiro atoms. The number of amides is 1. The summed E-state index contributed by atoms with van der Waals surface area (Å²) in [7, 11) is 0. The van der Waals surface area contributed by atoms with Gasteiger partial charge in [0.05, 0.1) is 0 Å². The molecule has 4 rings (SSSR count). The minimum Gasteiger partial charge on any atom is -0.444 e. The molecule has 2 aromatic heterocycles. The molecule has 0 bridgehead atoms. The number of aromatic nitrogens is 1. The van der Waals surface area contributed by atoms with Crippen LogP contribution in [0.25, 0.3) is 22.6 Å². The SMILES string of the molecule is CC(C)(C)c1ccc(-c2nc3cc(NC(=O)c4ccc(Br)o4)ccc3o2)cc1. The first-order valence-electron chi connectivity index (χ1n) is 8.88. The molecular weight excluding hydrogens is 420 g/mol. The summed E-state index contributed by atoms with van der Waals surface area (Å²) >= 11 is 3.19. The molecule has 1 amide bonds. The zero-order chi connectivity index (χ0) is 19.9. The number of carbonyl (C=O) groups is 1. The van der Waals surface area contributed by atoms with Gasteiger partial charge in [-0.05, 0) is 69.4 Å². The predicted octanol–water partition coefficient (Wildman–Crippen LogP) is 6.40. The number of nitrogens with zero attached hydrogens (tertiary/aromatic N) is 1. The lowest BCUT2D eigenvalue weighted by Gasteiger charge is -2.18. The molecule has 0 saturated carbocycles. The zero-order valence-corrected chi connectivity index (χ0v) is 17.3. The molecule has 0 aliphatic rings. The van der Waals surface area contributed by atoms with Crippen LogP contribution in [-0.4, -0.2) is 10.9 Å². The van der Waals surface area contributed by atoms with Crippen molar-refractivity contribution in [2.75, 3.05) is 5.32 Å². The maximum absolute atomic E-state index is 12.2. The number of furan rings is 1. The van der Waals surface area contributed by atoms with Gasteiger partial charge in [0, 0.05) is 11.3 Å². The number of anilines is 1. The highest BCUT2D eigenvalue weighted by Gasteiger charge is 2.15. The van der Waals surface area contributed by atoms with Crippen LogP contribution in [0.4, 0.5) is 5.69 Å². The van der Waals surface area contributed by atoms with Crippen LogP contribution in [-0.2, 0) is 5.41 Å². The molecule has 6 heteroatoms. The normalized spacial score (nSPS) is 11.7. The highest BCUT2D eigenvalue weighted by atomic mass is 79.9. The van der Waals surface area contributed by atoms with E-state index in [1.54, 1.807) is 30.3 Å². The van der Waals surface area contributed by atoms with E-state index in [0.29, 0.717) is 27.3 Å². The quantitative estimate of drug-likeness (QED) is 0.401. The molecule has 0 fully saturated rings. The van der Waals surface area contributed by atoms with Gasteiger partial charge >= 0.3 is 0 Å². The van der Waals surface area contributed by atoms with E-state index in [0.717, 1.165) is 5.56 Å². The van der Waals surface area contributed by atoms with Gasteiger partial charge in [0.15, 0.2) is 16.0 Å². The van der Waals surface area contributed by atoms with Crippen molar-refractivity contribution in [1.82, 2.24) is 4.98 Å². The molecule has 0 unspecified atom stereocenters. The fourth-order valence-corrected chi connectivity index (χ4v) is 3.18. The van der Waals surface area contributed by atoms with Crippen LogP contribution in [0, 0.1) is 0 Å². The summed E-state index contributed by atoms with van der Waals surface area (Å²) in [5, 5.41) is 2.80. The Kier molecular flexibility index (Phi) is 4.59. The van der Waals surface area contributed by atoms with Crippen molar-refractivity contribution in [2.24, 2.45) is 0 Å². The monoisotopic (exact) mass is 438 g/mol. The molecule has 2 aromatic carbocycles. The van der Waals surface area contributed by atoms with Crippen LogP contribution in [0.2, 0.25) is 0 Å². The number of nitrogens with one attached hydrogen (secondary N) is 1. The topological polar surface area (TPSA) is 68.3 Å². The highest BCUT2D eigenvalue weighted by molar-refractivity contribution is 9.10. The van der Waals surface area contributed by atoms with Crippen LogP contribution in [0.3, 0.4) is 0 Å². The summed E-state index contributed by atoms with van der Waals surface area (Å²) < 4.78 is 11.7. The average molecular weight is 439 g/mol. The van der Waals surface area contributed by atoms with Crippen molar-refractivity contribution in [3.8, 4) is 11.5 Å². The molecular formula is C22H19BrN2O3. The lowest BCUT2D eigenvalue weighted by Crippen LogP contribution is -2.10. The van der Waals surface area contributed by atoms with Crippen LogP contribution in [0.15, 0.2) is 68.1 Å². The minimum atomic E-state index is -0.327. The first-order chi connectivity index (χ1) is 13.3. The van der Waals surface area contributed by atoms with Gasteiger partial charge in [-0.3, -0.25) is 4.79 Å². The van der Waals surface area contributed by atoms with Crippen molar-refractivity contribution >= 4 is 38.6 Å². The van der Waals surface area contributed by atoms with E-state index in [4.69, 9.17) is 8.83 Å². The Hall–Kier alpha value is -2.86. The zero-order valence-electron chi connectivity index (χ0n) is 15.7. The second-order valence-electron chi connectivity index (χ2n) is 7.59. The lowest BCUT2D eigenvalue weighted by atomic mass is 9.87. The van der Waals surface area contributed by atoms with Gasteiger partial charge in [0.1, 0.15) is 5.52 Å². The molecule has 2 heterocycles. The van der Waals surface area contributed by atoms with Crippen molar-refractivity contribution in [3.63, 3.8) is 0 Å². The van der Waals surface area contributed by atoms with Crippen LogP contribution in [0.1, 0.15) is 36.9 Å². The molecule has 0 atom stereocenters. The van der Waals surface area contributed by atoms with Crippen LogP contribution < -0.4 is 5.32 Å². The summed E-state index contributed by atoms with van der Waals surface area (Å²) in [5.74, 6) is 0.451. The maximum Gasteiger partial charge on any atom is 0.291 e. The van der Waals surface area contributed by atoms with Crippen molar-refractivity contribution < 1.29 is 13.6 Å². The average Bonchev–Trinajstić information content (AvgIpc) is 3.27. The fraction of sp³-hybridized carbons (Fsp3) is 0.182. The summed E-state index contributed by atoms with van der Waals surface area (Å²) in [5.41, 5.74) is 4.21. The third kappa shape index (κ3) is 3.73. The number of rotatable bonds is 3. The standard InChI is InChI=1S/C22H19BrN2O3/c1-22(2,3)14-6-4-13(5-7-14)21-25-16-12-15(8-9-17(16)28-21)24-20(26)18-10-11-19(23)27-18/h4-12H,1-3H3,(H,24,26). The number of hydrogen-bond donors (Lipinski definition) is 1. The van der Waals surface area contributed by atoms with Gasteiger partial charge in [-0.15, -0.1) is 0 Å². The highest BCUT2D eigenvalue weighted by Crippen LogP contribution is 2.29. The third-order valence-corrected chi connectivity index (χ3v) is 4.87. The van der Waals surface area contributed by atoms with Crippen molar-refractivity contribution in [3.05, 3.63) is 70.6 Å². The van der Waals surface area contributed by atoms with Gasteiger partial charge in [0.2, 0.25) is 5.89 Å². The predicted molar refractivity (Wildman–Crippen MR) is 113 cm³/mol. The molecule has 0 aliphatic carbocycles. The Morgan fingerprint density at radius 3 is 2.39 bits per heavy atom. The maximum atomic E-state index is 12.2. The van der Waals surface area contributed by atoms with E-state index in [2.05, 4.69) is 59.1 Å². The molecule has 5 nitrogen and oxygen atoms in total. The van der Waals surface area contributed by atoms with Crippen molar-refractivity contribution in [2.45, 2.75) is 26.2 Å². The van der Waals surface area contributed by atoms with Gasteiger partial charge in [0.25, 0.3) is 5.91 Å². The Morgan fingerprint density at radius 1 is 1.00 bits per heavy atom. The van der Waals surface area contributed by atoms with E-state index >= 15 is 0 Å². The Labute approximate surface area is 170 Å². The second-order valence-corrected chi connectivity index (χ2v) is 8.37. The molecule has 4 aromatic rings. The smallest absolute Gasteiger partial charge is 0.291 e. The van der Waals surface area contributed by atoms with Crippen molar-refractivity contribution in [1.29, 1.82) is 0 Å². The number of benzene rings is 2. The van der Waals surface area contributed by atoms with Crippen LogP contribution in [0.5, 0.6) is 0 Å². The molecule has 0 saturated heterocycles. The largest absolute Gasteiger partial charge is 0.444 e. The van der Waals surface area contributed by atoms with Crippen LogP contribution >= 0.6 is 15.9 Å². The first-order valence-corrected chi connectivity index (χ1v) is 9.67. The van der Waals surface area contributed by atoms with E-state index < -0.39 is 0 Å². The summed E-state index contributed by atoms with van der Waals surface area (Å²) in [6.45, 7) is 6.54. The molecule has 28 heavy (non-hydrogen) atoms. The third-order valence-electron chi connectivity index (χ3n) is 4.44. The second kappa shape index (κ2) is 6.95. The van der Waals surface area contributed by atoms with E-state index in [1.807, 2.05) is 12.1 Å². The Morgan fingerprint density at radius 2 is 1.75 bits per heavy atom. The van der Waals surface area contributed by atoms with Gasteiger partial charge in [-0.2, -0.15) is 0 Å². The van der Waals surface area contributed by atoms with E-state index in [1.165, 1.54) is 5.56 Å². The number of carbonyl (C=O) groups excluding carboxylic acids is 1. The van der Waals surface area contributed by atoms with Gasteiger partial charge < -0.3 is 14.2 Å². The minimum absolute atomic E-state index is 0.0938. The van der Waals surface area contributed by atoms with E-state index in [9.17, 15) is 4.79 Å². The number of halogens is 1. The number of hydrogen-bond acceptors (Lipinski definition) is 4. The molecule has 0 aliphatic heterocycles. The Balaban J connectivity index is 1.59. The summed E-state index contributed by atoms with van der Waals surface area (Å²) in [6, 6.07) is 16.8.